The van der Waals surface area contributed by atoms with Gasteiger partial charge in [-0.15, -0.1) is 0 Å². The van der Waals surface area contributed by atoms with Crippen molar-refractivity contribution < 1.29 is 9.53 Å². The van der Waals surface area contributed by atoms with Gasteiger partial charge >= 0.3 is 0 Å². The third kappa shape index (κ3) is 3.44. The van der Waals surface area contributed by atoms with Crippen molar-refractivity contribution in [3.05, 3.63) is 48.5 Å². The van der Waals surface area contributed by atoms with Crippen LogP contribution in [0.5, 0.6) is 5.75 Å². The third-order valence-electron chi connectivity index (χ3n) is 8.83. The average Bonchev–Trinajstić information content (AvgIpc) is 2.77. The van der Waals surface area contributed by atoms with Crippen molar-refractivity contribution in [1.29, 1.82) is 0 Å². The average molecular weight is 431 g/mol. The second-order valence-electron chi connectivity index (χ2n) is 10.7. The van der Waals surface area contributed by atoms with E-state index in [2.05, 4.69) is 53.7 Å². The Kier molecular flexibility index (Phi) is 5.02. The van der Waals surface area contributed by atoms with Crippen LogP contribution < -0.4 is 10.1 Å². The Balaban J connectivity index is 1.08. The Morgan fingerprint density at radius 3 is 2.34 bits per heavy atom. The minimum Gasteiger partial charge on any atom is -0.490 e. The van der Waals surface area contributed by atoms with E-state index in [4.69, 9.17) is 4.74 Å². The van der Waals surface area contributed by atoms with Gasteiger partial charge in [0.1, 0.15) is 11.9 Å². The Hall–Kier alpha value is -2.33. The summed E-state index contributed by atoms with van der Waals surface area (Å²) in [5, 5.41) is 3.25. The van der Waals surface area contributed by atoms with Gasteiger partial charge in [0, 0.05) is 18.8 Å². The van der Waals surface area contributed by atoms with Gasteiger partial charge in [-0.3, -0.25) is 4.79 Å². The third-order valence-corrected chi connectivity index (χ3v) is 8.83. The fraction of sp³-hybridized carbons (Fsp3) is 0.536. The molecule has 4 atom stereocenters. The monoisotopic (exact) mass is 430 g/mol. The molecule has 3 aliphatic carbocycles. The predicted octanol–water partition coefficient (Wildman–Crippen LogP) is 5.59. The molecule has 0 spiro atoms. The molecular formula is C28H34N2O2. The maximum absolute atomic E-state index is 13.2. The molecule has 4 heteroatoms. The Bertz CT molecular complexity index is 971. The minimum atomic E-state index is -0.0614. The molecule has 0 aromatic heterocycles. The van der Waals surface area contributed by atoms with Crippen molar-refractivity contribution in [1.82, 2.24) is 4.90 Å². The lowest BCUT2D eigenvalue weighted by Gasteiger charge is -2.67. The van der Waals surface area contributed by atoms with E-state index in [-0.39, 0.29) is 11.3 Å². The predicted molar refractivity (Wildman–Crippen MR) is 128 cm³/mol. The van der Waals surface area contributed by atoms with Gasteiger partial charge in [0.25, 0.3) is 0 Å². The Morgan fingerprint density at radius 2 is 1.66 bits per heavy atom. The molecule has 1 saturated heterocycles. The maximum atomic E-state index is 13.2. The van der Waals surface area contributed by atoms with Crippen LogP contribution in [-0.2, 0) is 4.79 Å². The van der Waals surface area contributed by atoms with Gasteiger partial charge in [-0.25, -0.2) is 0 Å². The molecular weight excluding hydrogens is 396 g/mol. The summed E-state index contributed by atoms with van der Waals surface area (Å²) in [5.41, 5.74) is 3.19. The standard InChI is InChI=1S/C28H34N2O2/c1-30-15-12-25(13-16-30)32-24-10-6-20(7-11-24)19-4-8-23(9-5-19)29-27(31)28-14-2-3-21-17-22(18-28)26(21)28/h4-11,21-22,25-26H,2-3,12-18H2,1H3,(H,29,31). The van der Waals surface area contributed by atoms with E-state index in [9.17, 15) is 4.79 Å². The van der Waals surface area contributed by atoms with Crippen molar-refractivity contribution in [3.63, 3.8) is 0 Å². The van der Waals surface area contributed by atoms with Gasteiger partial charge in [0.05, 0.1) is 5.41 Å². The summed E-state index contributed by atoms with van der Waals surface area (Å²) in [7, 11) is 2.17. The van der Waals surface area contributed by atoms with Gasteiger partial charge in [-0.2, -0.15) is 0 Å². The molecule has 168 valence electrons. The van der Waals surface area contributed by atoms with Crippen LogP contribution in [0.1, 0.15) is 44.9 Å². The summed E-state index contributed by atoms with van der Waals surface area (Å²) in [6.07, 6.45) is 8.64. The van der Waals surface area contributed by atoms with Crippen molar-refractivity contribution >= 4 is 11.6 Å². The number of carbonyl (C=O) groups excluding carboxylic acids is 1. The van der Waals surface area contributed by atoms with Gasteiger partial charge in [0.15, 0.2) is 0 Å². The molecule has 6 rings (SSSR count). The molecule has 4 unspecified atom stereocenters. The highest BCUT2D eigenvalue weighted by atomic mass is 16.5. The molecule has 1 N–H and O–H groups in total. The molecule has 1 aliphatic heterocycles. The highest BCUT2D eigenvalue weighted by Gasteiger charge is 2.67. The normalized spacial score (nSPS) is 31.7. The number of hydrogen-bond acceptors (Lipinski definition) is 3. The van der Waals surface area contributed by atoms with E-state index in [0.29, 0.717) is 12.0 Å². The number of piperidine rings is 1. The number of likely N-dealkylation sites (tertiary alicyclic amines) is 1. The zero-order valence-electron chi connectivity index (χ0n) is 19.1. The molecule has 4 aliphatic rings. The number of anilines is 1. The van der Waals surface area contributed by atoms with Crippen molar-refractivity contribution in [2.45, 2.75) is 51.0 Å². The first-order valence-electron chi connectivity index (χ1n) is 12.5. The topological polar surface area (TPSA) is 41.6 Å². The van der Waals surface area contributed by atoms with Crippen LogP contribution in [0.15, 0.2) is 48.5 Å². The minimum absolute atomic E-state index is 0.0614. The highest BCUT2D eigenvalue weighted by molar-refractivity contribution is 5.97. The lowest BCUT2D eigenvalue weighted by molar-refractivity contribution is -0.196. The summed E-state index contributed by atoms with van der Waals surface area (Å²) < 4.78 is 6.17. The second-order valence-corrected chi connectivity index (χ2v) is 10.7. The highest BCUT2D eigenvalue weighted by Crippen LogP contribution is 2.70. The van der Waals surface area contributed by atoms with Crippen LogP contribution in [0.2, 0.25) is 0 Å². The molecule has 4 nitrogen and oxygen atoms in total. The second kappa shape index (κ2) is 7.91. The van der Waals surface area contributed by atoms with Crippen LogP contribution in [0.4, 0.5) is 5.69 Å². The first-order chi connectivity index (χ1) is 15.6. The summed E-state index contributed by atoms with van der Waals surface area (Å²) in [4.78, 5) is 15.5. The molecule has 3 saturated carbocycles. The van der Waals surface area contributed by atoms with Gasteiger partial charge in [-0.1, -0.05) is 37.1 Å². The Labute approximate surface area is 191 Å². The zero-order valence-corrected chi connectivity index (χ0v) is 19.1. The largest absolute Gasteiger partial charge is 0.490 e. The maximum Gasteiger partial charge on any atom is 0.230 e. The summed E-state index contributed by atoms with van der Waals surface area (Å²) in [6.45, 7) is 2.21. The number of benzene rings is 2. The van der Waals surface area contributed by atoms with Crippen LogP contribution in [-0.4, -0.2) is 37.0 Å². The number of rotatable bonds is 5. The van der Waals surface area contributed by atoms with E-state index in [1.807, 2.05) is 12.1 Å². The molecule has 2 aromatic carbocycles. The number of nitrogens with zero attached hydrogens (tertiary/aromatic N) is 1. The fourth-order valence-corrected chi connectivity index (χ4v) is 7.05. The first kappa shape index (κ1) is 20.3. The summed E-state index contributed by atoms with van der Waals surface area (Å²) in [5.74, 6) is 3.55. The first-order valence-corrected chi connectivity index (χ1v) is 12.5. The van der Waals surface area contributed by atoms with E-state index in [0.717, 1.165) is 67.6 Å². The summed E-state index contributed by atoms with van der Waals surface area (Å²) >= 11 is 0. The summed E-state index contributed by atoms with van der Waals surface area (Å²) in [6, 6.07) is 16.7. The van der Waals surface area contributed by atoms with Crippen LogP contribution in [0.25, 0.3) is 11.1 Å². The van der Waals surface area contributed by atoms with E-state index < -0.39 is 0 Å². The van der Waals surface area contributed by atoms with Gasteiger partial charge < -0.3 is 15.0 Å². The lowest BCUT2D eigenvalue weighted by Crippen LogP contribution is -2.65. The molecule has 0 bridgehead atoms. The number of ether oxygens (including phenoxy) is 1. The van der Waals surface area contributed by atoms with Gasteiger partial charge in [-0.05, 0) is 92.3 Å². The molecule has 4 fully saturated rings. The zero-order chi connectivity index (χ0) is 21.7. The number of hydrogen-bond donors (Lipinski definition) is 1. The number of carbonyl (C=O) groups is 1. The quantitative estimate of drug-likeness (QED) is 0.672. The molecule has 1 amide bonds. The van der Waals surface area contributed by atoms with Crippen LogP contribution in [0.3, 0.4) is 0 Å². The van der Waals surface area contributed by atoms with Gasteiger partial charge in [0.2, 0.25) is 5.91 Å². The fourth-order valence-electron chi connectivity index (χ4n) is 7.05. The van der Waals surface area contributed by atoms with E-state index in [1.54, 1.807) is 0 Å². The lowest BCUT2D eigenvalue weighted by atomic mass is 9.36. The molecule has 1 heterocycles. The van der Waals surface area contributed by atoms with Crippen LogP contribution >= 0.6 is 0 Å². The molecule has 32 heavy (non-hydrogen) atoms. The molecule has 2 aromatic rings. The SMILES string of the molecule is CN1CCC(Oc2ccc(-c3ccc(NC(=O)C45CCCC6CC(C4)C65)cc3)cc2)CC1. The van der Waals surface area contributed by atoms with Crippen molar-refractivity contribution in [3.8, 4) is 16.9 Å². The smallest absolute Gasteiger partial charge is 0.230 e. The van der Waals surface area contributed by atoms with Crippen molar-refractivity contribution in [2.24, 2.45) is 23.2 Å². The van der Waals surface area contributed by atoms with Crippen molar-refractivity contribution in [2.75, 3.05) is 25.5 Å². The molecule has 0 radical (unpaired) electrons. The van der Waals surface area contributed by atoms with E-state index >= 15 is 0 Å². The number of nitrogens with one attached hydrogen (secondary N) is 1. The Morgan fingerprint density at radius 1 is 0.969 bits per heavy atom. The van der Waals surface area contributed by atoms with Crippen LogP contribution in [0, 0.1) is 23.2 Å². The van der Waals surface area contributed by atoms with E-state index in [1.165, 1.54) is 24.8 Å². The number of amides is 1.